The highest BCUT2D eigenvalue weighted by Crippen LogP contribution is 2.37. The highest BCUT2D eigenvalue weighted by atomic mass is 16.4. The summed E-state index contributed by atoms with van der Waals surface area (Å²) in [7, 11) is 0. The van der Waals surface area contributed by atoms with Crippen LogP contribution in [-0.4, -0.2) is 22.1 Å². The molecule has 0 aromatic heterocycles. The van der Waals surface area contributed by atoms with Crippen molar-refractivity contribution in [1.29, 1.82) is 0 Å². The molecule has 0 unspecified atom stereocenters. The minimum atomic E-state index is -0.933. The Bertz CT molecular complexity index is 480. The number of para-hydroxylation sites is 1. The lowest BCUT2D eigenvalue weighted by Crippen LogP contribution is -2.24. The van der Waals surface area contributed by atoms with Gasteiger partial charge >= 0.3 is 5.97 Å². The maximum atomic E-state index is 11.1. The Morgan fingerprint density at radius 2 is 1.94 bits per heavy atom. The predicted octanol–water partition coefficient (Wildman–Crippen LogP) is 2.10. The van der Waals surface area contributed by atoms with Crippen LogP contribution in [0.25, 0.3) is 0 Å². The van der Waals surface area contributed by atoms with Gasteiger partial charge in [-0.15, -0.1) is 0 Å². The second-order valence-electron chi connectivity index (χ2n) is 4.84. The summed E-state index contributed by atoms with van der Waals surface area (Å²) in [4.78, 5) is 22.0. The van der Waals surface area contributed by atoms with E-state index in [1.54, 1.807) is 26.0 Å². The summed E-state index contributed by atoms with van der Waals surface area (Å²) < 4.78 is 0. The summed E-state index contributed by atoms with van der Waals surface area (Å²) >= 11 is 0. The molecule has 3 N–H and O–H groups in total. The van der Waals surface area contributed by atoms with Gasteiger partial charge in [0.25, 0.3) is 0 Å². The first-order valence-electron chi connectivity index (χ1n) is 5.56. The lowest BCUT2D eigenvalue weighted by molar-refractivity contribution is -0.138. The van der Waals surface area contributed by atoms with Crippen LogP contribution in [0.3, 0.4) is 0 Å². The number of phenols is 1. The van der Waals surface area contributed by atoms with Crippen molar-refractivity contribution in [3.63, 3.8) is 0 Å². The van der Waals surface area contributed by atoms with Gasteiger partial charge in [-0.25, -0.2) is 0 Å². The molecule has 1 aromatic carbocycles. The van der Waals surface area contributed by atoms with E-state index in [-0.39, 0.29) is 23.8 Å². The largest absolute Gasteiger partial charge is 0.506 e. The Balaban J connectivity index is 3.26. The number of benzene rings is 1. The molecule has 0 aliphatic rings. The molecule has 1 amide bonds. The molecular weight excluding hydrogens is 234 g/mol. The average Bonchev–Trinajstić information content (AvgIpc) is 2.18. The third-order valence-electron chi connectivity index (χ3n) is 2.67. The van der Waals surface area contributed by atoms with E-state index in [2.05, 4.69) is 5.32 Å². The molecule has 0 saturated carbocycles. The number of hydrogen-bond acceptors (Lipinski definition) is 3. The van der Waals surface area contributed by atoms with E-state index in [0.29, 0.717) is 5.56 Å². The van der Waals surface area contributed by atoms with Crippen LogP contribution in [0.2, 0.25) is 0 Å². The van der Waals surface area contributed by atoms with Gasteiger partial charge < -0.3 is 15.5 Å². The number of carboxylic acids is 1. The number of carbonyl (C=O) groups is 2. The summed E-state index contributed by atoms with van der Waals surface area (Å²) in [5.74, 6) is -1.32. The van der Waals surface area contributed by atoms with E-state index in [1.807, 2.05) is 0 Å². The summed E-state index contributed by atoms with van der Waals surface area (Å²) in [6, 6.07) is 4.78. The Labute approximate surface area is 105 Å². The van der Waals surface area contributed by atoms with Crippen molar-refractivity contribution in [2.75, 3.05) is 5.32 Å². The maximum Gasteiger partial charge on any atom is 0.304 e. The first-order valence-corrected chi connectivity index (χ1v) is 5.56. The zero-order valence-electron chi connectivity index (χ0n) is 10.7. The highest BCUT2D eigenvalue weighted by molar-refractivity contribution is 5.91. The van der Waals surface area contributed by atoms with Gasteiger partial charge in [0.1, 0.15) is 5.75 Å². The smallest absolute Gasteiger partial charge is 0.304 e. The highest BCUT2D eigenvalue weighted by Gasteiger charge is 2.28. The predicted molar refractivity (Wildman–Crippen MR) is 67.7 cm³/mol. The quantitative estimate of drug-likeness (QED) is 0.715. The lowest BCUT2D eigenvalue weighted by Gasteiger charge is -2.26. The van der Waals surface area contributed by atoms with Crippen LogP contribution in [0.15, 0.2) is 18.2 Å². The third-order valence-corrected chi connectivity index (χ3v) is 2.67. The van der Waals surface area contributed by atoms with Crippen LogP contribution >= 0.6 is 0 Å². The van der Waals surface area contributed by atoms with Gasteiger partial charge in [-0.2, -0.15) is 0 Å². The molecule has 1 aromatic rings. The maximum absolute atomic E-state index is 11.1. The molecule has 0 heterocycles. The van der Waals surface area contributed by atoms with Gasteiger partial charge in [0, 0.05) is 12.3 Å². The molecule has 0 atom stereocenters. The van der Waals surface area contributed by atoms with Crippen LogP contribution in [-0.2, 0) is 15.0 Å². The molecule has 0 spiro atoms. The van der Waals surface area contributed by atoms with E-state index < -0.39 is 11.4 Å². The fraction of sp³-hybridized carbons (Fsp3) is 0.385. The number of aliphatic carboxylic acids is 1. The second-order valence-corrected chi connectivity index (χ2v) is 4.84. The van der Waals surface area contributed by atoms with Gasteiger partial charge in [0.2, 0.25) is 5.91 Å². The molecule has 5 nitrogen and oxygen atoms in total. The van der Waals surface area contributed by atoms with E-state index in [9.17, 15) is 14.7 Å². The number of carbonyl (C=O) groups excluding carboxylic acids is 1. The first kappa shape index (κ1) is 14.0. The van der Waals surface area contributed by atoms with E-state index >= 15 is 0 Å². The minimum absolute atomic E-state index is 0.0684. The fourth-order valence-electron chi connectivity index (χ4n) is 1.88. The first-order chi connectivity index (χ1) is 8.24. The third kappa shape index (κ3) is 3.23. The number of phenolic OH excluding ortho intramolecular Hbond substituents is 1. The van der Waals surface area contributed by atoms with Gasteiger partial charge in [-0.05, 0) is 11.6 Å². The number of nitrogens with one attached hydrogen (secondary N) is 1. The van der Waals surface area contributed by atoms with Crippen LogP contribution in [0, 0.1) is 0 Å². The minimum Gasteiger partial charge on any atom is -0.506 e. The number of carboxylic acid groups (broad SMARTS) is 1. The van der Waals surface area contributed by atoms with E-state index in [1.165, 1.54) is 13.0 Å². The summed E-state index contributed by atoms with van der Waals surface area (Å²) in [5.41, 5.74) is 0.180. The molecule has 5 heteroatoms. The normalized spacial score (nSPS) is 11.1. The molecule has 0 fully saturated rings. The van der Waals surface area contributed by atoms with E-state index in [4.69, 9.17) is 5.11 Å². The van der Waals surface area contributed by atoms with Crippen molar-refractivity contribution in [1.82, 2.24) is 0 Å². The van der Waals surface area contributed by atoms with Crippen molar-refractivity contribution in [3.8, 4) is 5.75 Å². The SMILES string of the molecule is CC(=O)Nc1c(O)cccc1C(C)(C)CC(=O)O. The molecular formula is C13H17NO4. The van der Waals surface area contributed by atoms with Gasteiger partial charge in [-0.1, -0.05) is 26.0 Å². The van der Waals surface area contributed by atoms with Crippen LogP contribution in [0.4, 0.5) is 5.69 Å². The van der Waals surface area contributed by atoms with Crippen molar-refractivity contribution in [3.05, 3.63) is 23.8 Å². The van der Waals surface area contributed by atoms with Gasteiger partial charge in [-0.3, -0.25) is 9.59 Å². The number of rotatable bonds is 4. The number of aromatic hydroxyl groups is 1. The number of hydrogen-bond donors (Lipinski definition) is 3. The molecule has 0 bridgehead atoms. The molecule has 0 radical (unpaired) electrons. The van der Waals surface area contributed by atoms with Gasteiger partial charge in [0.15, 0.2) is 0 Å². The monoisotopic (exact) mass is 251 g/mol. The summed E-state index contributed by atoms with van der Waals surface area (Å²) in [6.07, 6.45) is -0.0942. The zero-order valence-corrected chi connectivity index (χ0v) is 10.7. The van der Waals surface area contributed by atoms with Crippen molar-refractivity contribution < 1.29 is 19.8 Å². The average molecular weight is 251 g/mol. The molecule has 0 saturated heterocycles. The Morgan fingerprint density at radius 1 is 1.33 bits per heavy atom. The molecule has 18 heavy (non-hydrogen) atoms. The van der Waals surface area contributed by atoms with Crippen molar-refractivity contribution >= 4 is 17.6 Å². The van der Waals surface area contributed by atoms with Crippen LogP contribution in [0.5, 0.6) is 5.75 Å². The number of amides is 1. The Hall–Kier alpha value is -2.04. The summed E-state index contributed by atoms with van der Waals surface area (Å²) in [5, 5.41) is 21.2. The Kier molecular flexibility index (Phi) is 3.96. The zero-order chi connectivity index (χ0) is 13.9. The lowest BCUT2D eigenvalue weighted by atomic mass is 9.80. The molecule has 1 rings (SSSR count). The summed E-state index contributed by atoms with van der Waals surface area (Å²) in [6.45, 7) is 4.84. The molecule has 0 aliphatic heterocycles. The molecule has 0 aliphatic carbocycles. The van der Waals surface area contributed by atoms with Crippen molar-refractivity contribution in [2.45, 2.75) is 32.6 Å². The topological polar surface area (TPSA) is 86.6 Å². The van der Waals surface area contributed by atoms with Crippen LogP contribution in [0.1, 0.15) is 32.8 Å². The second kappa shape index (κ2) is 5.08. The van der Waals surface area contributed by atoms with Crippen LogP contribution < -0.4 is 5.32 Å². The molecule has 98 valence electrons. The standard InChI is InChI=1S/C13H17NO4/c1-8(15)14-12-9(5-4-6-10(12)16)13(2,3)7-11(17)18/h4-6,16H,7H2,1-3H3,(H,14,15)(H,17,18). The van der Waals surface area contributed by atoms with Crippen molar-refractivity contribution in [2.24, 2.45) is 0 Å². The fourth-order valence-corrected chi connectivity index (χ4v) is 1.88. The number of anilines is 1. The van der Waals surface area contributed by atoms with E-state index in [0.717, 1.165) is 0 Å². The van der Waals surface area contributed by atoms with Gasteiger partial charge in [0.05, 0.1) is 12.1 Å². The Morgan fingerprint density at radius 3 is 2.44 bits per heavy atom.